The second kappa shape index (κ2) is 4.37. The zero-order chi connectivity index (χ0) is 8.10. The Labute approximate surface area is 69.3 Å². The molecule has 0 aromatic carbocycles. The quantitative estimate of drug-likeness (QED) is 0.439. The lowest BCUT2D eigenvalue weighted by Crippen LogP contribution is -2.10. The van der Waals surface area contributed by atoms with E-state index < -0.39 is 0 Å². The minimum absolute atomic E-state index is 0.756. The Morgan fingerprint density at radius 3 is 2.36 bits per heavy atom. The second-order valence-electron chi connectivity index (χ2n) is 3.51. The van der Waals surface area contributed by atoms with E-state index >= 15 is 0 Å². The summed E-state index contributed by atoms with van der Waals surface area (Å²) in [4.78, 5) is 0. The van der Waals surface area contributed by atoms with Gasteiger partial charge in [0.15, 0.2) is 0 Å². The van der Waals surface area contributed by atoms with Crippen molar-refractivity contribution in [2.45, 2.75) is 32.1 Å². The first-order valence-corrected chi connectivity index (χ1v) is 4.50. The SMILES string of the molecule is CN(C)N=CC1CCCCC1. The summed E-state index contributed by atoms with van der Waals surface area (Å²) in [7, 11) is 3.94. The van der Waals surface area contributed by atoms with Crippen LogP contribution in [-0.4, -0.2) is 25.3 Å². The average Bonchev–Trinajstić information content (AvgIpc) is 2.03. The molecule has 64 valence electrons. The van der Waals surface area contributed by atoms with Gasteiger partial charge in [-0.3, -0.25) is 0 Å². The van der Waals surface area contributed by atoms with E-state index in [0.717, 1.165) is 5.92 Å². The van der Waals surface area contributed by atoms with Crippen LogP contribution < -0.4 is 0 Å². The molecular weight excluding hydrogens is 136 g/mol. The Balaban J connectivity index is 2.23. The molecule has 0 aromatic heterocycles. The highest BCUT2D eigenvalue weighted by Gasteiger charge is 2.10. The van der Waals surface area contributed by atoms with Crippen molar-refractivity contribution >= 4 is 6.21 Å². The van der Waals surface area contributed by atoms with Gasteiger partial charge in [0.05, 0.1) is 0 Å². The lowest BCUT2D eigenvalue weighted by molar-refractivity contribution is 0.413. The highest BCUT2D eigenvalue weighted by atomic mass is 15.4. The van der Waals surface area contributed by atoms with Crippen LogP contribution in [0.2, 0.25) is 0 Å². The van der Waals surface area contributed by atoms with E-state index in [1.807, 2.05) is 19.1 Å². The minimum Gasteiger partial charge on any atom is -0.303 e. The first kappa shape index (κ1) is 8.57. The third-order valence-electron chi connectivity index (χ3n) is 2.16. The van der Waals surface area contributed by atoms with Crippen LogP contribution in [0.4, 0.5) is 0 Å². The van der Waals surface area contributed by atoms with Crippen molar-refractivity contribution in [2.75, 3.05) is 14.1 Å². The zero-order valence-electron chi connectivity index (χ0n) is 7.58. The van der Waals surface area contributed by atoms with E-state index in [2.05, 4.69) is 11.3 Å². The van der Waals surface area contributed by atoms with Crippen LogP contribution in [0.3, 0.4) is 0 Å². The molecule has 11 heavy (non-hydrogen) atoms. The fourth-order valence-electron chi connectivity index (χ4n) is 1.51. The molecule has 0 radical (unpaired) electrons. The maximum absolute atomic E-state index is 4.26. The zero-order valence-corrected chi connectivity index (χ0v) is 7.58. The van der Waals surface area contributed by atoms with Gasteiger partial charge in [0, 0.05) is 20.3 Å². The van der Waals surface area contributed by atoms with E-state index in [0.29, 0.717) is 0 Å². The summed E-state index contributed by atoms with van der Waals surface area (Å²) >= 11 is 0. The second-order valence-corrected chi connectivity index (χ2v) is 3.51. The van der Waals surface area contributed by atoms with Crippen molar-refractivity contribution in [3.8, 4) is 0 Å². The molecule has 1 rings (SSSR count). The molecule has 0 N–H and O–H groups in total. The highest BCUT2D eigenvalue weighted by molar-refractivity contribution is 5.60. The molecule has 2 nitrogen and oxygen atoms in total. The summed E-state index contributed by atoms with van der Waals surface area (Å²) < 4.78 is 0. The standard InChI is InChI=1S/C9H18N2/c1-11(2)10-8-9-6-4-3-5-7-9/h8-9H,3-7H2,1-2H3. The smallest absolute Gasteiger partial charge is 0.0275 e. The number of hydrogen-bond acceptors (Lipinski definition) is 2. The molecule has 0 amide bonds. The largest absolute Gasteiger partial charge is 0.303 e. The topological polar surface area (TPSA) is 15.6 Å². The van der Waals surface area contributed by atoms with Gasteiger partial charge in [0.2, 0.25) is 0 Å². The average molecular weight is 154 g/mol. The Morgan fingerprint density at radius 1 is 1.18 bits per heavy atom. The van der Waals surface area contributed by atoms with Crippen LogP contribution in [0.25, 0.3) is 0 Å². The van der Waals surface area contributed by atoms with Gasteiger partial charge in [0.1, 0.15) is 0 Å². The van der Waals surface area contributed by atoms with Crippen LogP contribution in [0.1, 0.15) is 32.1 Å². The molecular formula is C9H18N2. The molecule has 0 aromatic rings. The molecule has 0 unspecified atom stereocenters. The van der Waals surface area contributed by atoms with Gasteiger partial charge in [-0.05, 0) is 18.8 Å². The van der Waals surface area contributed by atoms with Crippen molar-refractivity contribution in [2.24, 2.45) is 11.0 Å². The van der Waals surface area contributed by atoms with E-state index in [-0.39, 0.29) is 0 Å². The normalized spacial score (nSPS) is 20.9. The van der Waals surface area contributed by atoms with Crippen LogP contribution in [0.5, 0.6) is 0 Å². The van der Waals surface area contributed by atoms with Crippen LogP contribution >= 0.6 is 0 Å². The molecule has 0 bridgehead atoms. The predicted octanol–water partition coefficient (Wildman–Crippen LogP) is 2.11. The molecule has 0 spiro atoms. The number of nitrogens with zero attached hydrogens (tertiary/aromatic N) is 2. The summed E-state index contributed by atoms with van der Waals surface area (Å²) in [6.07, 6.45) is 9.01. The van der Waals surface area contributed by atoms with E-state index in [4.69, 9.17) is 0 Å². The van der Waals surface area contributed by atoms with E-state index in [1.54, 1.807) is 0 Å². The third kappa shape index (κ3) is 3.40. The Bertz CT molecular complexity index is 124. The molecule has 1 saturated carbocycles. The molecule has 0 saturated heterocycles. The van der Waals surface area contributed by atoms with Gasteiger partial charge in [-0.25, -0.2) is 0 Å². The molecule has 0 heterocycles. The maximum atomic E-state index is 4.26. The Morgan fingerprint density at radius 2 is 1.82 bits per heavy atom. The molecule has 1 fully saturated rings. The molecule has 1 aliphatic rings. The molecule has 0 aliphatic heterocycles. The number of hydrazone groups is 1. The van der Waals surface area contributed by atoms with Crippen molar-refractivity contribution in [1.29, 1.82) is 0 Å². The lowest BCUT2D eigenvalue weighted by Gasteiger charge is -2.17. The fourth-order valence-corrected chi connectivity index (χ4v) is 1.51. The summed E-state index contributed by atoms with van der Waals surface area (Å²) in [5, 5.41) is 6.13. The summed E-state index contributed by atoms with van der Waals surface area (Å²) in [6, 6.07) is 0. The van der Waals surface area contributed by atoms with E-state index in [9.17, 15) is 0 Å². The summed E-state index contributed by atoms with van der Waals surface area (Å²) in [6.45, 7) is 0. The van der Waals surface area contributed by atoms with Crippen LogP contribution in [0.15, 0.2) is 5.10 Å². The van der Waals surface area contributed by atoms with E-state index in [1.165, 1.54) is 32.1 Å². The molecule has 1 aliphatic carbocycles. The van der Waals surface area contributed by atoms with Gasteiger partial charge in [-0.15, -0.1) is 0 Å². The minimum atomic E-state index is 0.756. The fraction of sp³-hybridized carbons (Fsp3) is 0.889. The number of hydrogen-bond donors (Lipinski definition) is 0. The summed E-state index contributed by atoms with van der Waals surface area (Å²) in [5.74, 6) is 0.756. The van der Waals surface area contributed by atoms with Gasteiger partial charge in [0.25, 0.3) is 0 Å². The maximum Gasteiger partial charge on any atom is 0.0275 e. The van der Waals surface area contributed by atoms with Gasteiger partial charge >= 0.3 is 0 Å². The lowest BCUT2D eigenvalue weighted by atomic mass is 9.90. The van der Waals surface area contributed by atoms with Crippen molar-refractivity contribution < 1.29 is 0 Å². The van der Waals surface area contributed by atoms with Crippen molar-refractivity contribution in [3.63, 3.8) is 0 Å². The van der Waals surface area contributed by atoms with Crippen molar-refractivity contribution in [1.82, 2.24) is 5.01 Å². The van der Waals surface area contributed by atoms with Gasteiger partial charge in [-0.2, -0.15) is 5.10 Å². The Kier molecular flexibility index (Phi) is 3.40. The van der Waals surface area contributed by atoms with Crippen LogP contribution in [0, 0.1) is 5.92 Å². The number of rotatable bonds is 2. The predicted molar refractivity (Wildman–Crippen MR) is 48.8 cm³/mol. The first-order valence-electron chi connectivity index (χ1n) is 4.50. The summed E-state index contributed by atoms with van der Waals surface area (Å²) in [5.41, 5.74) is 0. The van der Waals surface area contributed by atoms with Crippen LogP contribution in [-0.2, 0) is 0 Å². The monoisotopic (exact) mass is 154 g/mol. The molecule has 0 atom stereocenters. The first-order chi connectivity index (χ1) is 5.29. The van der Waals surface area contributed by atoms with Gasteiger partial charge in [-0.1, -0.05) is 19.3 Å². The highest BCUT2D eigenvalue weighted by Crippen LogP contribution is 2.21. The third-order valence-corrected chi connectivity index (χ3v) is 2.16. The molecule has 2 heteroatoms. The Hall–Kier alpha value is -0.530. The van der Waals surface area contributed by atoms with Crippen molar-refractivity contribution in [3.05, 3.63) is 0 Å². The van der Waals surface area contributed by atoms with Gasteiger partial charge < -0.3 is 5.01 Å².